The van der Waals surface area contributed by atoms with Gasteiger partial charge in [-0.25, -0.2) is 4.79 Å². The molecule has 2 heterocycles. The first kappa shape index (κ1) is 9.73. The van der Waals surface area contributed by atoms with Crippen molar-refractivity contribution in [3.63, 3.8) is 0 Å². The topological polar surface area (TPSA) is 81.0 Å². The minimum atomic E-state index is -1.06. The van der Waals surface area contributed by atoms with Crippen LogP contribution in [0.4, 0.5) is 4.79 Å². The highest BCUT2D eigenvalue weighted by molar-refractivity contribution is 5.66. The summed E-state index contributed by atoms with van der Waals surface area (Å²) in [6.07, 6.45) is 1.44. The second-order valence-electron chi connectivity index (χ2n) is 4.37. The lowest BCUT2D eigenvalue weighted by atomic mass is 9.87. The molecule has 0 spiro atoms. The van der Waals surface area contributed by atoms with Gasteiger partial charge >= 0.3 is 6.09 Å². The van der Waals surface area contributed by atoms with Gasteiger partial charge in [-0.05, 0) is 25.7 Å². The van der Waals surface area contributed by atoms with Crippen LogP contribution in [0.5, 0.6) is 0 Å². The van der Waals surface area contributed by atoms with Gasteiger partial charge in [0.1, 0.15) is 0 Å². The SMILES string of the molecule is O=C(O)N1[C@@H]2CC[C@H]1C[C@](O)(CO)C2. The summed E-state index contributed by atoms with van der Waals surface area (Å²) < 4.78 is 0. The van der Waals surface area contributed by atoms with Crippen LogP contribution in [0.2, 0.25) is 0 Å². The number of carbonyl (C=O) groups is 1. The van der Waals surface area contributed by atoms with Crippen LogP contribution in [-0.2, 0) is 0 Å². The number of hydrogen-bond acceptors (Lipinski definition) is 3. The molecule has 5 heteroatoms. The minimum Gasteiger partial charge on any atom is -0.465 e. The summed E-state index contributed by atoms with van der Waals surface area (Å²) in [5, 5.41) is 27.9. The van der Waals surface area contributed by atoms with Crippen LogP contribution in [0.25, 0.3) is 0 Å². The van der Waals surface area contributed by atoms with E-state index in [1.165, 1.54) is 4.90 Å². The third-order valence-electron chi connectivity index (χ3n) is 3.37. The van der Waals surface area contributed by atoms with Crippen molar-refractivity contribution in [1.82, 2.24) is 4.90 Å². The zero-order valence-corrected chi connectivity index (χ0v) is 7.89. The predicted octanol–water partition coefficient (Wildman–Crippen LogP) is 0.0146. The van der Waals surface area contributed by atoms with Gasteiger partial charge in [-0.1, -0.05) is 0 Å². The summed E-state index contributed by atoms with van der Waals surface area (Å²) in [6, 6.07) is -0.216. The summed E-state index contributed by atoms with van der Waals surface area (Å²) in [7, 11) is 0. The van der Waals surface area contributed by atoms with Crippen molar-refractivity contribution in [3.8, 4) is 0 Å². The highest BCUT2D eigenvalue weighted by Crippen LogP contribution is 2.40. The number of carboxylic acid groups (broad SMARTS) is 1. The minimum absolute atomic E-state index is 0.108. The predicted molar refractivity (Wildman–Crippen MR) is 47.9 cm³/mol. The van der Waals surface area contributed by atoms with E-state index in [0.717, 1.165) is 12.8 Å². The quantitative estimate of drug-likeness (QED) is 0.558. The normalized spacial score (nSPS) is 41.4. The summed E-state index contributed by atoms with van der Waals surface area (Å²) in [5.41, 5.74) is -1.06. The summed E-state index contributed by atoms with van der Waals surface area (Å²) in [5.74, 6) is 0. The molecule has 3 atom stereocenters. The van der Waals surface area contributed by atoms with Crippen molar-refractivity contribution in [1.29, 1.82) is 0 Å². The smallest absolute Gasteiger partial charge is 0.407 e. The van der Waals surface area contributed by atoms with E-state index in [1.807, 2.05) is 0 Å². The van der Waals surface area contributed by atoms with Crippen LogP contribution in [0.1, 0.15) is 25.7 Å². The van der Waals surface area contributed by atoms with Crippen molar-refractivity contribution < 1.29 is 20.1 Å². The maximum absolute atomic E-state index is 10.9. The molecule has 0 aliphatic carbocycles. The van der Waals surface area contributed by atoms with Crippen molar-refractivity contribution in [2.75, 3.05) is 6.61 Å². The van der Waals surface area contributed by atoms with E-state index in [0.29, 0.717) is 12.8 Å². The zero-order valence-electron chi connectivity index (χ0n) is 7.89. The van der Waals surface area contributed by atoms with Crippen LogP contribution in [-0.4, -0.2) is 50.6 Å². The summed E-state index contributed by atoms with van der Waals surface area (Å²) in [6.45, 7) is -0.270. The maximum Gasteiger partial charge on any atom is 0.407 e. The number of fused-ring (bicyclic) bond motifs is 2. The number of aliphatic hydroxyl groups is 2. The fourth-order valence-electron chi connectivity index (χ4n) is 2.76. The molecule has 14 heavy (non-hydrogen) atoms. The van der Waals surface area contributed by atoms with E-state index in [4.69, 9.17) is 10.2 Å². The molecule has 0 aromatic carbocycles. The number of amides is 1. The van der Waals surface area contributed by atoms with Gasteiger partial charge < -0.3 is 20.2 Å². The van der Waals surface area contributed by atoms with Gasteiger partial charge in [0.25, 0.3) is 0 Å². The van der Waals surface area contributed by atoms with Crippen molar-refractivity contribution >= 4 is 6.09 Å². The molecule has 2 fully saturated rings. The van der Waals surface area contributed by atoms with Crippen molar-refractivity contribution in [2.45, 2.75) is 43.4 Å². The summed E-state index contributed by atoms with van der Waals surface area (Å²) >= 11 is 0. The Labute approximate surface area is 82.0 Å². The van der Waals surface area contributed by atoms with Gasteiger partial charge in [0, 0.05) is 12.1 Å². The Morgan fingerprint density at radius 1 is 1.36 bits per heavy atom. The van der Waals surface area contributed by atoms with Gasteiger partial charge in [0.2, 0.25) is 0 Å². The highest BCUT2D eigenvalue weighted by Gasteiger charge is 2.49. The van der Waals surface area contributed by atoms with E-state index >= 15 is 0 Å². The molecule has 5 nitrogen and oxygen atoms in total. The largest absolute Gasteiger partial charge is 0.465 e. The van der Waals surface area contributed by atoms with E-state index in [2.05, 4.69) is 0 Å². The van der Waals surface area contributed by atoms with Crippen LogP contribution >= 0.6 is 0 Å². The van der Waals surface area contributed by atoms with Crippen LogP contribution < -0.4 is 0 Å². The van der Waals surface area contributed by atoms with Crippen molar-refractivity contribution in [3.05, 3.63) is 0 Å². The van der Waals surface area contributed by atoms with E-state index in [1.54, 1.807) is 0 Å². The standard InChI is InChI=1S/C9H15NO4/c11-5-9(14)3-6-1-2-7(4-9)10(6)8(12)13/h6-7,11,14H,1-5H2,(H,12,13)/t6-,7+,9+. The monoisotopic (exact) mass is 201 g/mol. The molecule has 0 aromatic heterocycles. The first-order valence-corrected chi connectivity index (χ1v) is 4.90. The third-order valence-corrected chi connectivity index (χ3v) is 3.37. The number of nitrogens with zero attached hydrogens (tertiary/aromatic N) is 1. The second kappa shape index (κ2) is 3.10. The Morgan fingerprint density at radius 2 is 1.86 bits per heavy atom. The average Bonchev–Trinajstić information content (AvgIpc) is 2.40. The first-order chi connectivity index (χ1) is 6.56. The fourth-order valence-corrected chi connectivity index (χ4v) is 2.76. The molecule has 0 saturated carbocycles. The van der Waals surface area contributed by atoms with Gasteiger partial charge in [-0.2, -0.15) is 0 Å². The molecular formula is C9H15NO4. The van der Waals surface area contributed by atoms with E-state index < -0.39 is 11.7 Å². The number of rotatable bonds is 1. The lowest BCUT2D eigenvalue weighted by Crippen LogP contribution is -2.54. The Hall–Kier alpha value is -0.810. The van der Waals surface area contributed by atoms with Gasteiger partial charge in [0.15, 0.2) is 0 Å². The molecule has 0 aromatic rings. The molecule has 2 bridgehead atoms. The molecule has 3 N–H and O–H groups in total. The lowest BCUT2D eigenvalue weighted by Gasteiger charge is -2.41. The van der Waals surface area contributed by atoms with E-state index in [-0.39, 0.29) is 18.7 Å². The first-order valence-electron chi connectivity index (χ1n) is 4.90. The molecule has 0 radical (unpaired) electrons. The molecule has 80 valence electrons. The zero-order chi connectivity index (χ0) is 10.3. The maximum atomic E-state index is 10.9. The number of piperidine rings is 1. The lowest BCUT2D eigenvalue weighted by molar-refractivity contribution is -0.0766. The molecule has 2 rings (SSSR count). The fraction of sp³-hybridized carbons (Fsp3) is 0.889. The molecule has 0 unspecified atom stereocenters. The van der Waals surface area contributed by atoms with Gasteiger partial charge in [-0.15, -0.1) is 0 Å². The Balaban J connectivity index is 2.16. The number of hydrogen-bond donors (Lipinski definition) is 3. The Bertz CT molecular complexity index is 241. The third kappa shape index (κ3) is 1.36. The molecule has 2 aliphatic heterocycles. The summed E-state index contributed by atoms with van der Waals surface area (Å²) in [4.78, 5) is 12.3. The average molecular weight is 201 g/mol. The Morgan fingerprint density at radius 3 is 2.21 bits per heavy atom. The highest BCUT2D eigenvalue weighted by atomic mass is 16.4. The van der Waals surface area contributed by atoms with E-state index in [9.17, 15) is 9.90 Å². The van der Waals surface area contributed by atoms with Crippen LogP contribution in [0.3, 0.4) is 0 Å². The van der Waals surface area contributed by atoms with Crippen molar-refractivity contribution in [2.24, 2.45) is 0 Å². The van der Waals surface area contributed by atoms with Crippen LogP contribution in [0, 0.1) is 0 Å². The molecular weight excluding hydrogens is 186 g/mol. The molecule has 2 aliphatic rings. The van der Waals surface area contributed by atoms with Gasteiger partial charge in [-0.3, -0.25) is 0 Å². The molecule has 1 amide bonds. The number of aliphatic hydroxyl groups excluding tert-OH is 1. The second-order valence-corrected chi connectivity index (χ2v) is 4.37. The molecule has 2 saturated heterocycles. The van der Waals surface area contributed by atoms with Crippen LogP contribution in [0.15, 0.2) is 0 Å². The Kier molecular flexibility index (Phi) is 2.16. The van der Waals surface area contributed by atoms with Gasteiger partial charge in [0.05, 0.1) is 12.2 Å².